The van der Waals surface area contributed by atoms with E-state index in [0.29, 0.717) is 5.75 Å². The van der Waals surface area contributed by atoms with Crippen molar-refractivity contribution < 1.29 is 9.90 Å². The molecule has 0 saturated carbocycles. The number of aliphatic carboxylic acids is 1. The third kappa shape index (κ3) is 13.7. The first-order valence-electron chi connectivity index (χ1n) is 11.9. The lowest BCUT2D eigenvalue weighted by Gasteiger charge is -2.15. The molecule has 0 aliphatic rings. The fourth-order valence-electron chi connectivity index (χ4n) is 3.55. The smallest absolute Gasteiger partial charge is 0.327 e. The van der Waals surface area contributed by atoms with Crippen LogP contribution in [-0.4, -0.2) is 33.6 Å². The van der Waals surface area contributed by atoms with E-state index in [9.17, 15) is 9.90 Å². The summed E-state index contributed by atoms with van der Waals surface area (Å²) in [5.41, 5.74) is 1.05. The summed E-state index contributed by atoms with van der Waals surface area (Å²) in [6, 6.07) is 1.41. The largest absolute Gasteiger partial charge is 0.480 e. The molecule has 1 aromatic rings. The number of carbonyl (C=O) groups is 1. The van der Waals surface area contributed by atoms with Crippen LogP contribution in [0.1, 0.15) is 102 Å². The summed E-state index contributed by atoms with van der Waals surface area (Å²) in [7, 11) is 0. The summed E-state index contributed by atoms with van der Waals surface area (Å²) < 4.78 is 0. The van der Waals surface area contributed by atoms with Crippen LogP contribution in [0.2, 0.25) is 0 Å². The molecule has 1 unspecified atom stereocenters. The van der Waals surface area contributed by atoms with Crippen molar-refractivity contribution >= 4 is 23.5 Å². The third-order valence-electron chi connectivity index (χ3n) is 5.50. The molecule has 4 nitrogen and oxygen atoms in total. The zero-order chi connectivity index (χ0) is 21.2. The van der Waals surface area contributed by atoms with E-state index in [1.165, 1.54) is 89.9 Å². The van der Waals surface area contributed by atoms with Gasteiger partial charge in [0.2, 0.25) is 0 Å². The van der Waals surface area contributed by atoms with Gasteiger partial charge in [-0.3, -0.25) is 0 Å². The van der Waals surface area contributed by atoms with Gasteiger partial charge >= 0.3 is 5.97 Å². The van der Waals surface area contributed by atoms with Crippen LogP contribution in [0.3, 0.4) is 0 Å². The van der Waals surface area contributed by atoms with Crippen LogP contribution in [-0.2, 0) is 4.79 Å². The highest BCUT2D eigenvalue weighted by molar-refractivity contribution is 7.99. The van der Waals surface area contributed by atoms with Crippen molar-refractivity contribution in [1.82, 2.24) is 4.98 Å². The molecule has 0 spiro atoms. The van der Waals surface area contributed by atoms with E-state index in [2.05, 4.69) is 17.2 Å². The molecule has 5 heteroatoms. The van der Waals surface area contributed by atoms with E-state index >= 15 is 0 Å². The molecule has 0 aliphatic carbocycles. The van der Waals surface area contributed by atoms with Gasteiger partial charge in [-0.1, -0.05) is 90.4 Å². The Bertz CT molecular complexity index is 519. The second kappa shape index (κ2) is 17.7. The lowest BCUT2D eigenvalue weighted by molar-refractivity contribution is -0.137. The predicted molar refractivity (Wildman–Crippen MR) is 128 cm³/mol. The summed E-state index contributed by atoms with van der Waals surface area (Å²) in [6.07, 6.45) is 21.0. The molecule has 0 radical (unpaired) electrons. The Balaban J connectivity index is 1.89. The Morgan fingerprint density at radius 3 is 1.93 bits per heavy atom. The third-order valence-corrected chi connectivity index (χ3v) is 6.65. The first-order valence-corrected chi connectivity index (χ1v) is 13.0. The van der Waals surface area contributed by atoms with Crippen molar-refractivity contribution in [2.45, 2.75) is 110 Å². The zero-order valence-corrected chi connectivity index (χ0v) is 19.6. The molecule has 1 heterocycles. The van der Waals surface area contributed by atoms with Crippen LogP contribution >= 0.6 is 11.8 Å². The van der Waals surface area contributed by atoms with Gasteiger partial charge in [-0.25, -0.2) is 4.79 Å². The Kier molecular flexibility index (Phi) is 15.9. The molecule has 0 bridgehead atoms. The number of hydrogen-bond acceptors (Lipinski definition) is 3. The van der Waals surface area contributed by atoms with Crippen molar-refractivity contribution in [2.24, 2.45) is 0 Å². The molecular weight excluding hydrogens is 380 g/mol. The van der Waals surface area contributed by atoms with Gasteiger partial charge < -0.3 is 15.4 Å². The van der Waals surface area contributed by atoms with Gasteiger partial charge in [0.05, 0.1) is 0 Å². The van der Waals surface area contributed by atoms with E-state index in [-0.39, 0.29) is 0 Å². The van der Waals surface area contributed by atoms with Crippen LogP contribution in [0, 0.1) is 6.92 Å². The average molecular weight is 425 g/mol. The molecule has 1 aromatic heterocycles. The number of anilines is 1. The summed E-state index contributed by atoms with van der Waals surface area (Å²) in [4.78, 5) is 14.5. The Labute approximate surface area is 183 Å². The quantitative estimate of drug-likeness (QED) is 0.191. The maximum absolute atomic E-state index is 11.4. The number of hydrogen-bond donors (Lipinski definition) is 3. The number of rotatable bonds is 20. The van der Waals surface area contributed by atoms with Crippen molar-refractivity contribution in [1.29, 1.82) is 0 Å². The summed E-state index contributed by atoms with van der Waals surface area (Å²) in [5.74, 6) is 1.68. The monoisotopic (exact) mass is 424 g/mol. The minimum absolute atomic E-state index is 0.538. The fraction of sp³-hybridized carbons (Fsp3) is 0.792. The maximum atomic E-state index is 11.4. The van der Waals surface area contributed by atoms with E-state index in [4.69, 9.17) is 0 Å². The second-order valence-corrected chi connectivity index (χ2v) is 9.39. The number of aryl methyl sites for hydroxylation is 1. The molecule has 0 aromatic carbocycles. The summed E-state index contributed by atoms with van der Waals surface area (Å²) in [6.45, 7) is 4.25. The van der Waals surface area contributed by atoms with E-state index in [1.54, 1.807) is 11.8 Å². The number of carboxylic acid groups (broad SMARTS) is 1. The average Bonchev–Trinajstić information content (AvgIpc) is 3.11. The fourth-order valence-corrected chi connectivity index (χ4v) is 4.59. The molecule has 29 heavy (non-hydrogen) atoms. The highest BCUT2D eigenvalue weighted by Crippen LogP contribution is 2.17. The van der Waals surface area contributed by atoms with E-state index in [0.717, 1.165) is 17.1 Å². The van der Waals surface area contributed by atoms with Crippen molar-refractivity contribution in [3.8, 4) is 0 Å². The van der Waals surface area contributed by atoms with E-state index < -0.39 is 12.0 Å². The lowest BCUT2D eigenvalue weighted by Crippen LogP contribution is -2.32. The van der Waals surface area contributed by atoms with Gasteiger partial charge in [-0.05, 0) is 30.7 Å². The van der Waals surface area contributed by atoms with Crippen LogP contribution < -0.4 is 5.32 Å². The Hall–Kier alpha value is -1.10. The zero-order valence-electron chi connectivity index (χ0n) is 18.8. The van der Waals surface area contributed by atoms with Crippen molar-refractivity contribution in [3.05, 3.63) is 17.8 Å². The van der Waals surface area contributed by atoms with E-state index in [1.807, 2.05) is 19.2 Å². The molecule has 1 atom stereocenters. The van der Waals surface area contributed by atoms with Crippen LogP contribution in [0.5, 0.6) is 0 Å². The number of nitrogens with one attached hydrogen (secondary N) is 2. The molecule has 168 valence electrons. The van der Waals surface area contributed by atoms with Gasteiger partial charge in [0.25, 0.3) is 0 Å². The number of aromatic amines is 1. The van der Waals surface area contributed by atoms with Crippen molar-refractivity contribution in [2.75, 3.05) is 16.8 Å². The minimum Gasteiger partial charge on any atom is -0.480 e. The predicted octanol–water partition coefficient (Wildman–Crippen LogP) is 7.40. The number of thioether (sulfide) groups is 1. The standard InChI is InChI=1S/C24H44N2O2S/c1-3-4-5-6-7-8-9-10-11-12-13-14-15-16-19-29-20-22(24(27)28)26-23-21(2)17-18-25-23/h17-18,22,25-26H,3-16,19-20H2,1-2H3,(H,27,28). The summed E-state index contributed by atoms with van der Waals surface area (Å²) >= 11 is 1.74. The Morgan fingerprint density at radius 2 is 1.48 bits per heavy atom. The second-order valence-electron chi connectivity index (χ2n) is 8.24. The molecule has 0 fully saturated rings. The van der Waals surface area contributed by atoms with Crippen molar-refractivity contribution in [3.63, 3.8) is 0 Å². The highest BCUT2D eigenvalue weighted by atomic mass is 32.2. The van der Waals surface area contributed by atoms with Gasteiger partial charge in [-0.2, -0.15) is 11.8 Å². The first kappa shape index (κ1) is 25.9. The van der Waals surface area contributed by atoms with Gasteiger partial charge in [0.1, 0.15) is 11.9 Å². The summed E-state index contributed by atoms with van der Waals surface area (Å²) in [5, 5.41) is 12.5. The van der Waals surface area contributed by atoms with Gasteiger partial charge in [0, 0.05) is 11.9 Å². The number of H-pyrrole nitrogens is 1. The number of carboxylic acids is 1. The highest BCUT2D eigenvalue weighted by Gasteiger charge is 2.18. The Morgan fingerprint density at radius 1 is 0.966 bits per heavy atom. The molecule has 0 amide bonds. The van der Waals surface area contributed by atoms with Crippen LogP contribution in [0.4, 0.5) is 5.82 Å². The normalized spacial score (nSPS) is 12.2. The lowest BCUT2D eigenvalue weighted by atomic mass is 10.0. The van der Waals surface area contributed by atoms with Crippen LogP contribution in [0.15, 0.2) is 12.3 Å². The number of unbranched alkanes of at least 4 members (excludes halogenated alkanes) is 13. The SMILES string of the molecule is CCCCCCCCCCCCCCCCSCC(Nc1[nH]ccc1C)C(=O)O. The molecular formula is C24H44N2O2S. The maximum Gasteiger partial charge on any atom is 0.327 e. The topological polar surface area (TPSA) is 65.1 Å². The number of aromatic nitrogens is 1. The molecule has 3 N–H and O–H groups in total. The van der Waals surface area contributed by atoms with Gasteiger partial charge in [-0.15, -0.1) is 0 Å². The van der Waals surface area contributed by atoms with Gasteiger partial charge in [0.15, 0.2) is 0 Å². The molecule has 0 saturated heterocycles. The first-order chi connectivity index (χ1) is 14.1. The van der Waals surface area contributed by atoms with Crippen LogP contribution in [0.25, 0.3) is 0 Å². The molecule has 1 rings (SSSR count). The molecule has 0 aliphatic heterocycles. The minimum atomic E-state index is -0.785.